The molecular weight excluding hydrogens is 220 g/mol. The lowest BCUT2D eigenvalue weighted by atomic mass is 9.91. The number of rotatable bonds is 3. The van der Waals surface area contributed by atoms with Gasteiger partial charge in [0.05, 0.1) is 7.11 Å². The predicted molar refractivity (Wildman–Crippen MR) is 62.3 cm³/mol. The molecule has 90 valence electrons. The van der Waals surface area contributed by atoms with Gasteiger partial charge in [-0.3, -0.25) is 0 Å². The Bertz CT molecular complexity index is 455. The molecule has 0 saturated carbocycles. The number of hydrazine groups is 1. The number of methoxy groups -OCH3 is 1. The van der Waals surface area contributed by atoms with Crippen molar-refractivity contribution >= 4 is 5.97 Å². The van der Waals surface area contributed by atoms with Crippen LogP contribution in [0.4, 0.5) is 0 Å². The number of carboxylic acids is 1. The summed E-state index contributed by atoms with van der Waals surface area (Å²) in [5.41, 5.74) is 2.37. The zero-order valence-corrected chi connectivity index (χ0v) is 9.68. The molecule has 0 bridgehead atoms. The Kier molecular flexibility index (Phi) is 2.77. The van der Waals surface area contributed by atoms with Gasteiger partial charge in [0, 0.05) is 13.2 Å². The molecule has 1 heterocycles. The molecule has 1 unspecified atom stereocenters. The summed E-state index contributed by atoms with van der Waals surface area (Å²) in [6.07, 6.45) is 3.31. The summed E-state index contributed by atoms with van der Waals surface area (Å²) in [6.45, 7) is 0. The number of benzene rings is 1. The second kappa shape index (κ2) is 4.10. The molecule has 0 amide bonds. The summed E-state index contributed by atoms with van der Waals surface area (Å²) in [5.74, 6) is -0.243. The third-order valence-electron chi connectivity index (χ3n) is 2.78. The minimum Gasteiger partial charge on any atom is -0.497 e. The van der Waals surface area contributed by atoms with Gasteiger partial charge in [-0.15, -0.1) is 0 Å². The van der Waals surface area contributed by atoms with E-state index in [1.807, 2.05) is 0 Å². The maximum Gasteiger partial charge on any atom is 0.334 e. The summed E-state index contributed by atoms with van der Waals surface area (Å²) < 4.78 is 5.05. The fourth-order valence-electron chi connectivity index (χ4n) is 1.83. The molecule has 2 rings (SSSR count). The topological polar surface area (TPSA) is 61.8 Å². The highest BCUT2D eigenvalue weighted by molar-refractivity contribution is 5.84. The first-order valence-electron chi connectivity index (χ1n) is 5.16. The van der Waals surface area contributed by atoms with Crippen LogP contribution >= 0.6 is 0 Å². The Balaban J connectivity index is 2.40. The van der Waals surface area contributed by atoms with Gasteiger partial charge in [-0.2, -0.15) is 0 Å². The monoisotopic (exact) mass is 234 g/mol. The van der Waals surface area contributed by atoms with Crippen molar-refractivity contribution < 1.29 is 14.6 Å². The Morgan fingerprint density at radius 2 is 2.06 bits per heavy atom. The number of carboxylic acid groups (broad SMARTS) is 1. The van der Waals surface area contributed by atoms with E-state index in [1.54, 1.807) is 55.7 Å². The van der Waals surface area contributed by atoms with Crippen molar-refractivity contribution in [1.29, 1.82) is 0 Å². The molecule has 0 fully saturated rings. The molecule has 0 aliphatic carbocycles. The lowest BCUT2D eigenvalue weighted by Gasteiger charge is -2.26. The van der Waals surface area contributed by atoms with E-state index < -0.39 is 11.5 Å². The molecule has 2 N–H and O–H groups in total. The molecule has 1 aliphatic rings. The molecule has 0 saturated heterocycles. The second-order valence-corrected chi connectivity index (χ2v) is 3.88. The van der Waals surface area contributed by atoms with Crippen LogP contribution in [0.3, 0.4) is 0 Å². The normalized spacial score (nSPS) is 22.8. The summed E-state index contributed by atoms with van der Waals surface area (Å²) in [6, 6.07) is 6.97. The number of carbonyl (C=O) groups is 1. The second-order valence-electron chi connectivity index (χ2n) is 3.88. The van der Waals surface area contributed by atoms with Crippen LogP contribution < -0.4 is 10.2 Å². The third-order valence-corrected chi connectivity index (χ3v) is 2.78. The Morgan fingerprint density at radius 3 is 2.47 bits per heavy atom. The van der Waals surface area contributed by atoms with Gasteiger partial charge in [-0.1, -0.05) is 12.1 Å². The lowest BCUT2D eigenvalue weighted by molar-refractivity contribution is -0.144. The number of hydrogen-bond donors (Lipinski definition) is 2. The molecule has 0 radical (unpaired) electrons. The number of hydrogen-bond acceptors (Lipinski definition) is 4. The summed E-state index contributed by atoms with van der Waals surface area (Å²) >= 11 is 0. The fraction of sp³-hybridized carbons (Fsp3) is 0.250. The summed E-state index contributed by atoms with van der Waals surface area (Å²) in [4.78, 5) is 11.5. The van der Waals surface area contributed by atoms with Crippen LogP contribution in [0.5, 0.6) is 5.75 Å². The van der Waals surface area contributed by atoms with Crippen LogP contribution in [-0.2, 0) is 10.3 Å². The minimum absolute atomic E-state index is 0.659. The van der Waals surface area contributed by atoms with Crippen molar-refractivity contribution in [3.05, 3.63) is 42.1 Å². The SMILES string of the molecule is COc1ccc(C2(C(=O)O)C=CN(C)N2)cc1. The summed E-state index contributed by atoms with van der Waals surface area (Å²) in [7, 11) is 3.33. The molecule has 17 heavy (non-hydrogen) atoms. The number of nitrogens with zero attached hydrogens (tertiary/aromatic N) is 1. The van der Waals surface area contributed by atoms with Crippen LogP contribution in [-0.4, -0.2) is 30.2 Å². The number of aliphatic carboxylic acids is 1. The third kappa shape index (κ3) is 1.85. The van der Waals surface area contributed by atoms with Crippen LogP contribution in [0.2, 0.25) is 0 Å². The predicted octanol–water partition coefficient (Wildman–Crippen LogP) is 0.939. The maximum absolute atomic E-state index is 11.5. The van der Waals surface area contributed by atoms with E-state index in [9.17, 15) is 9.90 Å². The van der Waals surface area contributed by atoms with Crippen LogP contribution in [0, 0.1) is 0 Å². The average molecular weight is 234 g/mol. The van der Waals surface area contributed by atoms with Crippen molar-refractivity contribution in [3.63, 3.8) is 0 Å². The lowest BCUT2D eigenvalue weighted by Crippen LogP contribution is -2.48. The fourth-order valence-corrected chi connectivity index (χ4v) is 1.83. The van der Waals surface area contributed by atoms with Gasteiger partial charge in [-0.05, 0) is 23.8 Å². The van der Waals surface area contributed by atoms with E-state index in [4.69, 9.17) is 4.74 Å². The molecule has 0 spiro atoms. The van der Waals surface area contributed by atoms with E-state index in [0.29, 0.717) is 11.3 Å². The van der Waals surface area contributed by atoms with Crippen molar-refractivity contribution in [2.75, 3.05) is 14.2 Å². The minimum atomic E-state index is -1.19. The van der Waals surface area contributed by atoms with E-state index in [0.717, 1.165) is 0 Å². The van der Waals surface area contributed by atoms with Gasteiger partial charge in [0.2, 0.25) is 0 Å². The van der Waals surface area contributed by atoms with E-state index >= 15 is 0 Å². The standard InChI is InChI=1S/C12H14N2O3/c1-14-8-7-12(13-14,11(15)16)9-3-5-10(17-2)6-4-9/h3-8,13H,1-2H3,(H,15,16). The van der Waals surface area contributed by atoms with Crippen molar-refractivity contribution in [1.82, 2.24) is 10.4 Å². The largest absolute Gasteiger partial charge is 0.497 e. The molecule has 5 heteroatoms. The van der Waals surface area contributed by atoms with E-state index in [-0.39, 0.29) is 0 Å². The Morgan fingerprint density at radius 1 is 1.41 bits per heavy atom. The smallest absolute Gasteiger partial charge is 0.334 e. The number of ether oxygens (including phenoxy) is 1. The van der Waals surface area contributed by atoms with Crippen LogP contribution in [0.15, 0.2) is 36.5 Å². The molecule has 0 aromatic heterocycles. The number of nitrogens with one attached hydrogen (secondary N) is 1. The zero-order chi connectivity index (χ0) is 12.5. The first-order valence-corrected chi connectivity index (χ1v) is 5.16. The molecular formula is C12H14N2O3. The van der Waals surface area contributed by atoms with Crippen molar-refractivity contribution in [2.24, 2.45) is 0 Å². The first kappa shape index (κ1) is 11.5. The molecule has 1 atom stereocenters. The van der Waals surface area contributed by atoms with Crippen LogP contribution in [0.1, 0.15) is 5.56 Å². The molecule has 1 aliphatic heterocycles. The quantitative estimate of drug-likeness (QED) is 0.815. The van der Waals surface area contributed by atoms with E-state index in [1.165, 1.54) is 0 Å². The van der Waals surface area contributed by atoms with Crippen molar-refractivity contribution in [3.8, 4) is 5.75 Å². The van der Waals surface area contributed by atoms with Crippen molar-refractivity contribution in [2.45, 2.75) is 5.54 Å². The maximum atomic E-state index is 11.5. The van der Waals surface area contributed by atoms with Gasteiger partial charge < -0.3 is 14.9 Å². The Labute approximate surface area is 99.3 Å². The highest BCUT2D eigenvalue weighted by atomic mass is 16.5. The first-order chi connectivity index (χ1) is 8.08. The summed E-state index contributed by atoms with van der Waals surface area (Å²) in [5, 5.41) is 11.0. The highest BCUT2D eigenvalue weighted by Crippen LogP contribution is 2.28. The van der Waals surface area contributed by atoms with Gasteiger partial charge in [0.25, 0.3) is 0 Å². The highest BCUT2D eigenvalue weighted by Gasteiger charge is 2.41. The van der Waals surface area contributed by atoms with Gasteiger partial charge in [-0.25, -0.2) is 10.2 Å². The van der Waals surface area contributed by atoms with Gasteiger partial charge in [0.15, 0.2) is 5.54 Å². The van der Waals surface area contributed by atoms with E-state index in [2.05, 4.69) is 5.43 Å². The van der Waals surface area contributed by atoms with Crippen LogP contribution in [0.25, 0.3) is 0 Å². The zero-order valence-electron chi connectivity index (χ0n) is 9.68. The molecule has 1 aromatic carbocycles. The van der Waals surface area contributed by atoms with Gasteiger partial charge in [0.1, 0.15) is 5.75 Å². The van der Waals surface area contributed by atoms with Gasteiger partial charge >= 0.3 is 5.97 Å². The molecule has 1 aromatic rings. The average Bonchev–Trinajstić information content (AvgIpc) is 2.73. The Hall–Kier alpha value is -2.01. The molecule has 5 nitrogen and oxygen atoms in total.